The summed E-state index contributed by atoms with van der Waals surface area (Å²) in [6.07, 6.45) is 3.02. The first-order chi connectivity index (χ1) is 11.1. The molecule has 0 aliphatic heterocycles. The molecule has 23 heavy (non-hydrogen) atoms. The molecule has 0 spiro atoms. The SMILES string of the molecule is Cc1nc(-c2ccc(F)cc2)ncc1C(=O)NCc1ccco1. The molecule has 2 heterocycles. The highest BCUT2D eigenvalue weighted by molar-refractivity contribution is 5.95. The zero-order chi connectivity index (χ0) is 16.2. The Morgan fingerprint density at radius 3 is 2.70 bits per heavy atom. The molecule has 0 bridgehead atoms. The van der Waals surface area contributed by atoms with Gasteiger partial charge in [0, 0.05) is 11.8 Å². The Labute approximate surface area is 132 Å². The van der Waals surface area contributed by atoms with Crippen LogP contribution in [0.1, 0.15) is 21.8 Å². The van der Waals surface area contributed by atoms with Crippen LogP contribution in [0.25, 0.3) is 11.4 Å². The lowest BCUT2D eigenvalue weighted by Gasteiger charge is -2.07. The van der Waals surface area contributed by atoms with Gasteiger partial charge in [0.1, 0.15) is 11.6 Å². The average Bonchev–Trinajstić information content (AvgIpc) is 3.06. The predicted molar refractivity (Wildman–Crippen MR) is 82.0 cm³/mol. The van der Waals surface area contributed by atoms with Crippen LogP contribution >= 0.6 is 0 Å². The van der Waals surface area contributed by atoms with Gasteiger partial charge in [-0.05, 0) is 43.3 Å². The normalized spacial score (nSPS) is 10.5. The van der Waals surface area contributed by atoms with E-state index in [1.807, 2.05) is 0 Å². The van der Waals surface area contributed by atoms with E-state index in [0.717, 1.165) is 0 Å². The van der Waals surface area contributed by atoms with Crippen LogP contribution in [0.3, 0.4) is 0 Å². The van der Waals surface area contributed by atoms with Crippen molar-refractivity contribution in [2.24, 2.45) is 0 Å². The molecule has 6 heteroatoms. The summed E-state index contributed by atoms with van der Waals surface area (Å²) in [5, 5.41) is 2.75. The molecule has 0 atom stereocenters. The molecular formula is C17H14FN3O2. The van der Waals surface area contributed by atoms with Crippen molar-refractivity contribution in [3.05, 3.63) is 71.7 Å². The molecule has 0 saturated carbocycles. The summed E-state index contributed by atoms with van der Waals surface area (Å²) in [5.41, 5.74) is 1.63. The number of rotatable bonds is 4. The third-order valence-corrected chi connectivity index (χ3v) is 3.33. The average molecular weight is 311 g/mol. The van der Waals surface area contributed by atoms with Crippen LogP contribution in [-0.4, -0.2) is 15.9 Å². The lowest BCUT2D eigenvalue weighted by Crippen LogP contribution is -2.24. The van der Waals surface area contributed by atoms with Gasteiger partial charge in [0.25, 0.3) is 5.91 Å². The second-order valence-corrected chi connectivity index (χ2v) is 4.96. The van der Waals surface area contributed by atoms with Crippen molar-refractivity contribution in [2.45, 2.75) is 13.5 Å². The van der Waals surface area contributed by atoms with E-state index in [4.69, 9.17) is 4.42 Å². The molecule has 1 N–H and O–H groups in total. The minimum Gasteiger partial charge on any atom is -0.467 e. The summed E-state index contributed by atoms with van der Waals surface area (Å²) in [6, 6.07) is 9.42. The first-order valence-electron chi connectivity index (χ1n) is 7.03. The molecule has 3 aromatic rings. The van der Waals surface area contributed by atoms with Crippen molar-refractivity contribution in [1.82, 2.24) is 15.3 Å². The standard InChI is InChI=1S/C17H14FN3O2/c1-11-15(17(22)20-9-14-3-2-8-23-14)10-19-16(21-11)12-4-6-13(18)7-5-12/h2-8,10H,9H2,1H3,(H,20,22). The van der Waals surface area contributed by atoms with Gasteiger partial charge in [0.05, 0.1) is 24.1 Å². The van der Waals surface area contributed by atoms with Crippen molar-refractivity contribution >= 4 is 5.91 Å². The molecule has 0 aliphatic rings. The molecule has 0 aliphatic carbocycles. The second kappa shape index (κ2) is 6.39. The summed E-state index contributed by atoms with van der Waals surface area (Å²) in [4.78, 5) is 20.7. The maximum Gasteiger partial charge on any atom is 0.255 e. The van der Waals surface area contributed by atoms with Gasteiger partial charge in [-0.1, -0.05) is 0 Å². The maximum atomic E-state index is 13.0. The molecule has 0 fully saturated rings. The molecule has 5 nitrogen and oxygen atoms in total. The number of hydrogen-bond donors (Lipinski definition) is 1. The van der Waals surface area contributed by atoms with E-state index in [-0.39, 0.29) is 11.7 Å². The van der Waals surface area contributed by atoms with Crippen molar-refractivity contribution in [1.29, 1.82) is 0 Å². The molecule has 3 rings (SSSR count). The summed E-state index contributed by atoms with van der Waals surface area (Å²) in [7, 11) is 0. The van der Waals surface area contributed by atoms with E-state index in [2.05, 4.69) is 15.3 Å². The maximum absolute atomic E-state index is 13.0. The smallest absolute Gasteiger partial charge is 0.255 e. The Hall–Kier alpha value is -3.02. The van der Waals surface area contributed by atoms with Gasteiger partial charge in [0.15, 0.2) is 5.82 Å². The fourth-order valence-electron chi connectivity index (χ4n) is 2.10. The first kappa shape index (κ1) is 14.9. The third kappa shape index (κ3) is 3.42. The Kier molecular flexibility index (Phi) is 4.14. The fraction of sp³-hybridized carbons (Fsp3) is 0.118. The lowest BCUT2D eigenvalue weighted by atomic mass is 10.2. The van der Waals surface area contributed by atoms with Gasteiger partial charge in [-0.3, -0.25) is 4.79 Å². The summed E-state index contributed by atoms with van der Waals surface area (Å²) < 4.78 is 18.1. The van der Waals surface area contributed by atoms with Crippen LogP contribution in [0.15, 0.2) is 53.3 Å². The van der Waals surface area contributed by atoms with Gasteiger partial charge in [-0.25, -0.2) is 14.4 Å². The zero-order valence-corrected chi connectivity index (χ0v) is 12.4. The number of carbonyl (C=O) groups is 1. The molecule has 1 amide bonds. The van der Waals surface area contributed by atoms with Crippen LogP contribution in [0.4, 0.5) is 4.39 Å². The van der Waals surface area contributed by atoms with Crippen LogP contribution in [0, 0.1) is 12.7 Å². The number of nitrogens with one attached hydrogen (secondary N) is 1. The second-order valence-electron chi connectivity index (χ2n) is 4.96. The fourth-order valence-corrected chi connectivity index (χ4v) is 2.10. The number of halogens is 1. The lowest BCUT2D eigenvalue weighted by molar-refractivity contribution is 0.0946. The van der Waals surface area contributed by atoms with Gasteiger partial charge in [0.2, 0.25) is 0 Å². The van der Waals surface area contributed by atoms with Gasteiger partial charge in [-0.2, -0.15) is 0 Å². The number of amides is 1. The number of furan rings is 1. The highest BCUT2D eigenvalue weighted by Crippen LogP contribution is 2.16. The van der Waals surface area contributed by atoms with E-state index >= 15 is 0 Å². The Morgan fingerprint density at radius 1 is 1.26 bits per heavy atom. The Balaban J connectivity index is 1.76. The van der Waals surface area contributed by atoms with Gasteiger partial charge < -0.3 is 9.73 Å². The van der Waals surface area contributed by atoms with E-state index in [1.54, 1.807) is 37.5 Å². The largest absolute Gasteiger partial charge is 0.467 e. The van der Waals surface area contributed by atoms with Crippen molar-refractivity contribution in [2.75, 3.05) is 0 Å². The number of aryl methyl sites for hydroxylation is 1. The van der Waals surface area contributed by atoms with E-state index < -0.39 is 0 Å². The van der Waals surface area contributed by atoms with E-state index in [9.17, 15) is 9.18 Å². The number of nitrogens with zero attached hydrogens (tertiary/aromatic N) is 2. The number of hydrogen-bond acceptors (Lipinski definition) is 4. The van der Waals surface area contributed by atoms with E-state index in [0.29, 0.717) is 35.0 Å². The molecular weight excluding hydrogens is 297 g/mol. The Bertz CT molecular complexity index is 814. The highest BCUT2D eigenvalue weighted by Gasteiger charge is 2.13. The minimum atomic E-state index is -0.320. The van der Waals surface area contributed by atoms with Crippen LogP contribution < -0.4 is 5.32 Å². The Morgan fingerprint density at radius 2 is 2.04 bits per heavy atom. The first-order valence-corrected chi connectivity index (χ1v) is 7.03. The number of benzene rings is 1. The van der Waals surface area contributed by atoms with Crippen LogP contribution in [0.5, 0.6) is 0 Å². The molecule has 0 saturated heterocycles. The monoisotopic (exact) mass is 311 g/mol. The van der Waals surface area contributed by atoms with Crippen LogP contribution in [-0.2, 0) is 6.54 Å². The summed E-state index contributed by atoms with van der Waals surface area (Å²) in [6.45, 7) is 2.03. The molecule has 2 aromatic heterocycles. The molecule has 0 radical (unpaired) electrons. The number of carbonyl (C=O) groups excluding carboxylic acids is 1. The minimum absolute atomic E-state index is 0.274. The zero-order valence-electron chi connectivity index (χ0n) is 12.4. The summed E-state index contributed by atoms with van der Waals surface area (Å²) in [5.74, 6) is 0.522. The predicted octanol–water partition coefficient (Wildman–Crippen LogP) is 3.11. The van der Waals surface area contributed by atoms with Crippen molar-refractivity contribution in [3.8, 4) is 11.4 Å². The topological polar surface area (TPSA) is 68.0 Å². The van der Waals surface area contributed by atoms with E-state index in [1.165, 1.54) is 18.3 Å². The molecule has 116 valence electrons. The third-order valence-electron chi connectivity index (χ3n) is 3.33. The van der Waals surface area contributed by atoms with Gasteiger partial charge in [-0.15, -0.1) is 0 Å². The van der Waals surface area contributed by atoms with Crippen molar-refractivity contribution in [3.63, 3.8) is 0 Å². The van der Waals surface area contributed by atoms with Crippen molar-refractivity contribution < 1.29 is 13.6 Å². The molecule has 1 aromatic carbocycles. The number of aromatic nitrogens is 2. The van der Waals surface area contributed by atoms with Crippen LogP contribution in [0.2, 0.25) is 0 Å². The highest BCUT2D eigenvalue weighted by atomic mass is 19.1. The summed E-state index contributed by atoms with van der Waals surface area (Å²) >= 11 is 0. The molecule has 0 unspecified atom stereocenters. The quantitative estimate of drug-likeness (QED) is 0.804. The van der Waals surface area contributed by atoms with Gasteiger partial charge >= 0.3 is 0 Å².